The van der Waals surface area contributed by atoms with Crippen LogP contribution in [0.2, 0.25) is 0 Å². The van der Waals surface area contributed by atoms with E-state index in [1.807, 2.05) is 10.9 Å². The SMILES string of the molecule is CCn1cc(N[C@H]2CC[C@@H](C)C2)cn1. The lowest BCUT2D eigenvalue weighted by atomic mass is 10.1. The average Bonchev–Trinajstić information content (AvgIpc) is 2.76. The van der Waals surface area contributed by atoms with Crippen molar-refractivity contribution in [2.45, 2.75) is 45.7 Å². The molecule has 1 heterocycles. The fourth-order valence-electron chi connectivity index (χ4n) is 2.18. The van der Waals surface area contributed by atoms with Gasteiger partial charge < -0.3 is 5.32 Å². The topological polar surface area (TPSA) is 29.9 Å². The highest BCUT2D eigenvalue weighted by molar-refractivity contribution is 5.39. The highest BCUT2D eigenvalue weighted by atomic mass is 15.3. The summed E-state index contributed by atoms with van der Waals surface area (Å²) in [6.07, 6.45) is 7.98. The minimum atomic E-state index is 0.666. The number of aryl methyl sites for hydroxylation is 1. The molecule has 78 valence electrons. The second kappa shape index (κ2) is 4.03. The molecule has 1 saturated carbocycles. The molecule has 0 radical (unpaired) electrons. The van der Waals surface area contributed by atoms with Gasteiger partial charge in [-0.15, -0.1) is 0 Å². The Morgan fingerprint density at radius 1 is 1.57 bits per heavy atom. The maximum atomic E-state index is 4.25. The molecule has 0 bridgehead atoms. The predicted molar refractivity (Wildman–Crippen MR) is 58.3 cm³/mol. The molecule has 3 nitrogen and oxygen atoms in total. The smallest absolute Gasteiger partial charge is 0.0728 e. The summed E-state index contributed by atoms with van der Waals surface area (Å²) in [5.41, 5.74) is 1.17. The molecule has 1 N–H and O–H groups in total. The fraction of sp³-hybridized carbons (Fsp3) is 0.727. The highest BCUT2D eigenvalue weighted by Gasteiger charge is 2.21. The average molecular weight is 193 g/mol. The zero-order valence-electron chi connectivity index (χ0n) is 9.03. The Hall–Kier alpha value is -0.990. The van der Waals surface area contributed by atoms with Crippen molar-refractivity contribution in [2.24, 2.45) is 5.92 Å². The molecule has 1 fully saturated rings. The van der Waals surface area contributed by atoms with Gasteiger partial charge in [-0.05, 0) is 32.1 Å². The number of aromatic nitrogens is 2. The molecule has 2 atom stereocenters. The Balaban J connectivity index is 1.90. The first kappa shape index (κ1) is 9.56. The molecule has 2 rings (SSSR count). The van der Waals surface area contributed by atoms with Crippen LogP contribution in [0.3, 0.4) is 0 Å². The Bertz CT molecular complexity index is 292. The van der Waals surface area contributed by atoms with Gasteiger partial charge in [0.1, 0.15) is 0 Å². The Morgan fingerprint density at radius 2 is 2.43 bits per heavy atom. The molecule has 0 aromatic carbocycles. The van der Waals surface area contributed by atoms with Crippen molar-refractivity contribution < 1.29 is 0 Å². The first-order valence-electron chi connectivity index (χ1n) is 5.57. The number of nitrogens with one attached hydrogen (secondary N) is 1. The van der Waals surface area contributed by atoms with E-state index < -0.39 is 0 Å². The summed E-state index contributed by atoms with van der Waals surface area (Å²) in [5.74, 6) is 0.883. The molecule has 0 aliphatic heterocycles. The maximum Gasteiger partial charge on any atom is 0.0728 e. The van der Waals surface area contributed by atoms with Crippen LogP contribution in [0.4, 0.5) is 5.69 Å². The molecule has 0 saturated heterocycles. The van der Waals surface area contributed by atoms with Crippen LogP contribution in [0.1, 0.15) is 33.1 Å². The lowest BCUT2D eigenvalue weighted by Gasteiger charge is -2.11. The van der Waals surface area contributed by atoms with Crippen LogP contribution < -0.4 is 5.32 Å². The quantitative estimate of drug-likeness (QED) is 0.799. The summed E-state index contributed by atoms with van der Waals surface area (Å²) in [7, 11) is 0. The second-order valence-corrected chi connectivity index (χ2v) is 4.34. The largest absolute Gasteiger partial charge is 0.380 e. The summed E-state index contributed by atoms with van der Waals surface area (Å²) in [6.45, 7) is 5.38. The predicted octanol–water partition coefficient (Wildman–Crippen LogP) is 2.50. The molecule has 1 aromatic rings. The Kier molecular flexibility index (Phi) is 2.75. The van der Waals surface area contributed by atoms with E-state index in [9.17, 15) is 0 Å². The molecule has 14 heavy (non-hydrogen) atoms. The second-order valence-electron chi connectivity index (χ2n) is 4.34. The fourth-order valence-corrected chi connectivity index (χ4v) is 2.18. The van der Waals surface area contributed by atoms with Crippen LogP contribution in [0, 0.1) is 5.92 Å². The zero-order valence-corrected chi connectivity index (χ0v) is 9.03. The van der Waals surface area contributed by atoms with Gasteiger partial charge in [-0.1, -0.05) is 6.92 Å². The normalized spacial score (nSPS) is 26.7. The monoisotopic (exact) mass is 193 g/mol. The Labute approximate surface area is 85.5 Å². The summed E-state index contributed by atoms with van der Waals surface area (Å²) in [6, 6.07) is 0.666. The summed E-state index contributed by atoms with van der Waals surface area (Å²) >= 11 is 0. The van der Waals surface area contributed by atoms with Crippen molar-refractivity contribution in [1.82, 2.24) is 9.78 Å². The van der Waals surface area contributed by atoms with Gasteiger partial charge in [0.2, 0.25) is 0 Å². The van der Waals surface area contributed by atoms with Crippen molar-refractivity contribution in [3.05, 3.63) is 12.4 Å². The highest BCUT2D eigenvalue weighted by Crippen LogP contribution is 2.27. The molecule has 0 unspecified atom stereocenters. The van der Waals surface area contributed by atoms with Gasteiger partial charge in [0.25, 0.3) is 0 Å². The van der Waals surface area contributed by atoms with Gasteiger partial charge in [0, 0.05) is 18.8 Å². The third kappa shape index (κ3) is 2.08. The molecule has 3 heteroatoms. The Morgan fingerprint density at radius 3 is 3.00 bits per heavy atom. The van der Waals surface area contributed by atoms with Crippen LogP contribution in [-0.2, 0) is 6.54 Å². The zero-order chi connectivity index (χ0) is 9.97. The number of anilines is 1. The molecule has 0 spiro atoms. The number of rotatable bonds is 3. The third-order valence-corrected chi connectivity index (χ3v) is 3.02. The van der Waals surface area contributed by atoms with E-state index in [0.717, 1.165) is 12.5 Å². The molecule has 1 aliphatic rings. The van der Waals surface area contributed by atoms with Crippen molar-refractivity contribution in [2.75, 3.05) is 5.32 Å². The van der Waals surface area contributed by atoms with Crippen LogP contribution in [0.5, 0.6) is 0 Å². The standard InChI is InChI=1S/C11H19N3/c1-3-14-8-11(7-12-14)13-10-5-4-9(2)6-10/h7-10,13H,3-6H2,1-2H3/t9-,10+/m1/s1. The van der Waals surface area contributed by atoms with Crippen LogP contribution in [-0.4, -0.2) is 15.8 Å². The molecule has 1 aromatic heterocycles. The number of nitrogens with zero attached hydrogens (tertiary/aromatic N) is 2. The van der Waals surface area contributed by atoms with Crippen LogP contribution >= 0.6 is 0 Å². The van der Waals surface area contributed by atoms with E-state index in [4.69, 9.17) is 0 Å². The van der Waals surface area contributed by atoms with E-state index in [1.165, 1.54) is 24.9 Å². The summed E-state index contributed by atoms with van der Waals surface area (Å²) < 4.78 is 1.96. The summed E-state index contributed by atoms with van der Waals surface area (Å²) in [5, 5.41) is 7.79. The number of hydrogen-bond donors (Lipinski definition) is 1. The lowest BCUT2D eigenvalue weighted by Crippen LogP contribution is -2.14. The molecular formula is C11H19N3. The minimum absolute atomic E-state index is 0.666. The van der Waals surface area contributed by atoms with E-state index in [2.05, 4.69) is 30.5 Å². The van der Waals surface area contributed by atoms with Crippen molar-refractivity contribution in [3.8, 4) is 0 Å². The van der Waals surface area contributed by atoms with Crippen molar-refractivity contribution in [1.29, 1.82) is 0 Å². The number of hydrogen-bond acceptors (Lipinski definition) is 2. The van der Waals surface area contributed by atoms with Crippen LogP contribution in [0.25, 0.3) is 0 Å². The first-order chi connectivity index (χ1) is 6.78. The van der Waals surface area contributed by atoms with Gasteiger partial charge in [0.15, 0.2) is 0 Å². The maximum absolute atomic E-state index is 4.25. The van der Waals surface area contributed by atoms with Gasteiger partial charge in [0.05, 0.1) is 11.9 Å². The first-order valence-corrected chi connectivity index (χ1v) is 5.57. The van der Waals surface area contributed by atoms with Gasteiger partial charge in [-0.25, -0.2) is 0 Å². The van der Waals surface area contributed by atoms with E-state index in [1.54, 1.807) is 0 Å². The van der Waals surface area contributed by atoms with Gasteiger partial charge >= 0.3 is 0 Å². The van der Waals surface area contributed by atoms with Crippen LogP contribution in [0.15, 0.2) is 12.4 Å². The van der Waals surface area contributed by atoms with E-state index >= 15 is 0 Å². The van der Waals surface area contributed by atoms with E-state index in [-0.39, 0.29) is 0 Å². The van der Waals surface area contributed by atoms with Gasteiger partial charge in [-0.3, -0.25) is 4.68 Å². The molecular weight excluding hydrogens is 174 g/mol. The van der Waals surface area contributed by atoms with Crippen molar-refractivity contribution >= 4 is 5.69 Å². The van der Waals surface area contributed by atoms with Gasteiger partial charge in [-0.2, -0.15) is 5.10 Å². The van der Waals surface area contributed by atoms with E-state index in [0.29, 0.717) is 6.04 Å². The molecule has 1 aliphatic carbocycles. The third-order valence-electron chi connectivity index (χ3n) is 3.02. The lowest BCUT2D eigenvalue weighted by molar-refractivity contribution is 0.602. The van der Waals surface area contributed by atoms with Crippen molar-refractivity contribution in [3.63, 3.8) is 0 Å². The minimum Gasteiger partial charge on any atom is -0.380 e. The summed E-state index contributed by atoms with van der Waals surface area (Å²) in [4.78, 5) is 0. The molecule has 0 amide bonds.